The Morgan fingerprint density at radius 2 is 2.11 bits per heavy atom. The van der Waals surface area contributed by atoms with Crippen molar-refractivity contribution in [2.45, 2.75) is 64.2 Å². The van der Waals surface area contributed by atoms with Crippen LogP contribution < -0.4 is 5.32 Å². The third-order valence-electron chi connectivity index (χ3n) is 5.35. The van der Waals surface area contributed by atoms with Gasteiger partial charge in [-0.3, -0.25) is 10.1 Å². The highest BCUT2D eigenvalue weighted by molar-refractivity contribution is 5.84. The Morgan fingerprint density at radius 1 is 1.47 bits per heavy atom. The third kappa shape index (κ3) is 2.52. The molecule has 1 saturated heterocycles. The molecular formula is C15H29N3O. The van der Waals surface area contributed by atoms with Gasteiger partial charge in [0.25, 0.3) is 0 Å². The summed E-state index contributed by atoms with van der Waals surface area (Å²) in [6, 6.07) is 0.0132. The lowest BCUT2D eigenvalue weighted by atomic mass is 9.75. The van der Waals surface area contributed by atoms with Gasteiger partial charge in [-0.2, -0.15) is 0 Å². The van der Waals surface area contributed by atoms with Gasteiger partial charge in [-0.05, 0) is 46.2 Å². The Balaban J connectivity index is 2.06. The molecule has 4 heteroatoms. The Morgan fingerprint density at radius 3 is 2.53 bits per heavy atom. The Bertz CT molecular complexity index is 338. The van der Waals surface area contributed by atoms with Crippen LogP contribution in [0.15, 0.2) is 0 Å². The van der Waals surface area contributed by atoms with Crippen molar-refractivity contribution in [3.05, 3.63) is 0 Å². The normalized spacial score (nSPS) is 31.7. The van der Waals surface area contributed by atoms with Gasteiger partial charge >= 0.3 is 0 Å². The van der Waals surface area contributed by atoms with E-state index < -0.39 is 0 Å². The van der Waals surface area contributed by atoms with E-state index in [9.17, 15) is 4.79 Å². The topological polar surface area (TPSA) is 35.6 Å². The molecule has 0 aromatic carbocycles. The van der Waals surface area contributed by atoms with Crippen molar-refractivity contribution in [1.29, 1.82) is 0 Å². The van der Waals surface area contributed by atoms with Crippen LogP contribution in [0.5, 0.6) is 0 Å². The number of likely N-dealkylation sites (N-methyl/N-ethyl adjacent to an activating group) is 1. The molecule has 3 atom stereocenters. The molecule has 2 fully saturated rings. The summed E-state index contributed by atoms with van der Waals surface area (Å²) >= 11 is 0. The van der Waals surface area contributed by atoms with E-state index in [-0.39, 0.29) is 17.7 Å². The second kappa shape index (κ2) is 5.41. The number of nitrogens with zero attached hydrogens (tertiary/aromatic N) is 2. The van der Waals surface area contributed by atoms with Gasteiger partial charge in [0, 0.05) is 12.1 Å². The fraction of sp³-hybridized carbons (Fsp3) is 0.933. The van der Waals surface area contributed by atoms with E-state index in [2.05, 4.69) is 50.0 Å². The fourth-order valence-electron chi connectivity index (χ4n) is 3.30. The molecule has 2 rings (SSSR count). The SMILES string of the molecule is CCC(C)C1NC(C)N(CC2(N(C)C)CCC2)C1=O. The van der Waals surface area contributed by atoms with Crippen LogP contribution in [0.25, 0.3) is 0 Å². The summed E-state index contributed by atoms with van der Waals surface area (Å²) in [4.78, 5) is 17.0. The van der Waals surface area contributed by atoms with Gasteiger partial charge in [-0.25, -0.2) is 0 Å². The Kier molecular flexibility index (Phi) is 4.21. The van der Waals surface area contributed by atoms with Gasteiger partial charge in [0.15, 0.2) is 0 Å². The highest BCUT2D eigenvalue weighted by atomic mass is 16.2. The predicted octanol–water partition coefficient (Wildman–Crippen LogP) is 1.66. The number of carbonyl (C=O) groups excluding carboxylic acids is 1. The second-order valence-electron chi connectivity index (χ2n) is 6.64. The maximum Gasteiger partial charge on any atom is 0.241 e. The molecule has 0 bridgehead atoms. The molecule has 1 saturated carbocycles. The van der Waals surface area contributed by atoms with E-state index in [1.807, 2.05) is 0 Å². The molecule has 3 unspecified atom stereocenters. The zero-order valence-electron chi connectivity index (χ0n) is 13.1. The van der Waals surface area contributed by atoms with Crippen LogP contribution in [0.4, 0.5) is 0 Å². The minimum Gasteiger partial charge on any atom is -0.324 e. The van der Waals surface area contributed by atoms with Crippen LogP contribution >= 0.6 is 0 Å². The number of carbonyl (C=O) groups is 1. The molecule has 1 aliphatic carbocycles. The number of nitrogens with one attached hydrogen (secondary N) is 1. The van der Waals surface area contributed by atoms with Crippen molar-refractivity contribution in [3.63, 3.8) is 0 Å². The first-order valence-electron chi connectivity index (χ1n) is 7.65. The number of rotatable bonds is 5. The van der Waals surface area contributed by atoms with E-state index in [0.29, 0.717) is 11.8 Å². The van der Waals surface area contributed by atoms with Gasteiger partial charge in [-0.1, -0.05) is 20.3 Å². The summed E-state index contributed by atoms with van der Waals surface area (Å²) < 4.78 is 0. The summed E-state index contributed by atoms with van der Waals surface area (Å²) in [5, 5.41) is 3.47. The summed E-state index contributed by atoms with van der Waals surface area (Å²) in [5.41, 5.74) is 0.218. The highest BCUT2D eigenvalue weighted by Crippen LogP contribution is 2.38. The van der Waals surface area contributed by atoms with Gasteiger partial charge in [-0.15, -0.1) is 0 Å². The van der Waals surface area contributed by atoms with E-state index in [1.54, 1.807) is 0 Å². The van der Waals surface area contributed by atoms with Crippen molar-refractivity contribution in [1.82, 2.24) is 15.1 Å². The van der Waals surface area contributed by atoms with E-state index in [0.717, 1.165) is 13.0 Å². The third-order valence-corrected chi connectivity index (χ3v) is 5.35. The van der Waals surface area contributed by atoms with Crippen molar-refractivity contribution in [2.75, 3.05) is 20.6 Å². The van der Waals surface area contributed by atoms with Crippen LogP contribution in [0.2, 0.25) is 0 Å². The van der Waals surface area contributed by atoms with Crippen LogP contribution in [-0.2, 0) is 4.79 Å². The van der Waals surface area contributed by atoms with Crippen LogP contribution in [0, 0.1) is 5.92 Å². The Labute approximate surface area is 117 Å². The molecule has 4 nitrogen and oxygen atoms in total. The maximum atomic E-state index is 12.6. The highest BCUT2D eigenvalue weighted by Gasteiger charge is 2.46. The second-order valence-corrected chi connectivity index (χ2v) is 6.64. The minimum atomic E-state index is 0.0132. The first-order valence-corrected chi connectivity index (χ1v) is 7.65. The predicted molar refractivity (Wildman–Crippen MR) is 77.8 cm³/mol. The maximum absolute atomic E-state index is 12.6. The lowest BCUT2D eigenvalue weighted by Crippen LogP contribution is -2.58. The minimum absolute atomic E-state index is 0.0132. The molecule has 1 heterocycles. The van der Waals surface area contributed by atoms with Crippen LogP contribution in [0.1, 0.15) is 46.5 Å². The van der Waals surface area contributed by atoms with Gasteiger partial charge < -0.3 is 9.80 Å². The average Bonchev–Trinajstić information content (AvgIpc) is 2.59. The summed E-state index contributed by atoms with van der Waals surface area (Å²) in [5.74, 6) is 0.714. The van der Waals surface area contributed by atoms with Gasteiger partial charge in [0.05, 0.1) is 12.2 Å². The van der Waals surface area contributed by atoms with Crippen molar-refractivity contribution in [3.8, 4) is 0 Å². The first-order chi connectivity index (χ1) is 8.91. The molecule has 1 N–H and O–H groups in total. The lowest BCUT2D eigenvalue weighted by molar-refractivity contribution is -0.133. The standard InChI is InChI=1S/C15H29N3O/c1-6-11(2)13-14(19)18(12(3)16-13)10-15(17(4)5)8-7-9-15/h11-13,16H,6-10H2,1-5H3. The summed E-state index contributed by atoms with van der Waals surface area (Å²) in [6.07, 6.45) is 4.93. The van der Waals surface area contributed by atoms with Crippen LogP contribution in [-0.4, -0.2) is 54.1 Å². The fourth-order valence-corrected chi connectivity index (χ4v) is 3.30. The zero-order valence-corrected chi connectivity index (χ0v) is 13.1. The molecule has 19 heavy (non-hydrogen) atoms. The molecule has 1 amide bonds. The zero-order chi connectivity index (χ0) is 14.2. The van der Waals surface area contributed by atoms with Gasteiger partial charge in [0.2, 0.25) is 5.91 Å². The largest absolute Gasteiger partial charge is 0.324 e. The van der Waals surface area contributed by atoms with Crippen molar-refractivity contribution < 1.29 is 4.79 Å². The molecule has 0 aromatic heterocycles. The molecule has 0 radical (unpaired) electrons. The number of hydrogen-bond acceptors (Lipinski definition) is 3. The van der Waals surface area contributed by atoms with Crippen molar-refractivity contribution >= 4 is 5.91 Å². The van der Waals surface area contributed by atoms with E-state index >= 15 is 0 Å². The Hall–Kier alpha value is -0.610. The molecule has 2 aliphatic rings. The molecule has 0 aromatic rings. The first kappa shape index (κ1) is 14.8. The smallest absolute Gasteiger partial charge is 0.241 e. The summed E-state index contributed by atoms with van der Waals surface area (Å²) in [7, 11) is 4.29. The lowest BCUT2D eigenvalue weighted by Gasteiger charge is -2.49. The molecule has 0 spiro atoms. The monoisotopic (exact) mass is 267 g/mol. The number of hydrogen-bond donors (Lipinski definition) is 1. The molecule has 110 valence electrons. The molecule has 1 aliphatic heterocycles. The molecular weight excluding hydrogens is 238 g/mol. The van der Waals surface area contributed by atoms with E-state index in [1.165, 1.54) is 19.3 Å². The van der Waals surface area contributed by atoms with Crippen molar-refractivity contribution in [2.24, 2.45) is 5.92 Å². The van der Waals surface area contributed by atoms with E-state index in [4.69, 9.17) is 0 Å². The quantitative estimate of drug-likeness (QED) is 0.823. The van der Waals surface area contributed by atoms with Crippen LogP contribution in [0.3, 0.4) is 0 Å². The average molecular weight is 267 g/mol. The summed E-state index contributed by atoms with van der Waals surface area (Å²) in [6.45, 7) is 7.30. The van der Waals surface area contributed by atoms with Gasteiger partial charge in [0.1, 0.15) is 0 Å². The number of amides is 1.